The van der Waals surface area contributed by atoms with Crippen LogP contribution in [-0.4, -0.2) is 16.0 Å². The fraction of sp³-hybridized carbons (Fsp3) is 0.0500. The number of carbonyl (C=O) groups is 1. The SMILES string of the molecule is Cc1noc2nc(-c3ccccc3F)cc(C(=O)Nc3ccc(F)cc3)c12. The smallest absolute Gasteiger partial charge is 0.259 e. The normalized spacial score (nSPS) is 10.9. The second kappa shape index (κ2) is 6.60. The highest BCUT2D eigenvalue weighted by molar-refractivity contribution is 6.13. The number of halogens is 2. The number of aromatic nitrogens is 2. The zero-order chi connectivity index (χ0) is 19.0. The van der Waals surface area contributed by atoms with Crippen LogP contribution in [0.15, 0.2) is 59.1 Å². The van der Waals surface area contributed by atoms with Gasteiger partial charge in [-0.2, -0.15) is 0 Å². The largest absolute Gasteiger partial charge is 0.335 e. The molecule has 0 saturated heterocycles. The van der Waals surface area contributed by atoms with Crippen molar-refractivity contribution in [3.05, 3.63) is 77.5 Å². The maximum atomic E-state index is 14.2. The van der Waals surface area contributed by atoms with Crippen molar-refractivity contribution < 1.29 is 18.1 Å². The number of nitrogens with zero attached hydrogens (tertiary/aromatic N) is 2. The summed E-state index contributed by atoms with van der Waals surface area (Å²) in [6.45, 7) is 1.69. The number of anilines is 1. The van der Waals surface area contributed by atoms with Crippen LogP contribution in [0.5, 0.6) is 0 Å². The first-order chi connectivity index (χ1) is 13.0. The van der Waals surface area contributed by atoms with Crippen LogP contribution in [0.4, 0.5) is 14.5 Å². The van der Waals surface area contributed by atoms with Crippen molar-refractivity contribution in [3.8, 4) is 11.3 Å². The molecule has 0 aliphatic heterocycles. The minimum Gasteiger partial charge on any atom is -0.335 e. The van der Waals surface area contributed by atoms with Crippen molar-refractivity contribution in [2.45, 2.75) is 6.92 Å². The van der Waals surface area contributed by atoms with Crippen molar-refractivity contribution in [3.63, 3.8) is 0 Å². The number of fused-ring (bicyclic) bond motifs is 1. The molecule has 0 aliphatic rings. The van der Waals surface area contributed by atoms with Gasteiger partial charge in [0.15, 0.2) is 0 Å². The molecule has 0 unspecified atom stereocenters. The van der Waals surface area contributed by atoms with Gasteiger partial charge in [0.05, 0.1) is 22.3 Å². The van der Waals surface area contributed by atoms with Crippen LogP contribution in [-0.2, 0) is 0 Å². The van der Waals surface area contributed by atoms with E-state index < -0.39 is 17.5 Å². The highest BCUT2D eigenvalue weighted by atomic mass is 19.1. The number of hydrogen-bond donors (Lipinski definition) is 1. The molecule has 0 spiro atoms. The van der Waals surface area contributed by atoms with Gasteiger partial charge in [-0.25, -0.2) is 13.8 Å². The third-order valence-corrected chi connectivity index (χ3v) is 4.11. The second-order valence-corrected chi connectivity index (χ2v) is 5.94. The Labute approximate surface area is 152 Å². The fourth-order valence-corrected chi connectivity index (χ4v) is 2.81. The van der Waals surface area contributed by atoms with Gasteiger partial charge >= 0.3 is 0 Å². The Bertz CT molecular complexity index is 1150. The van der Waals surface area contributed by atoms with Crippen LogP contribution in [0.25, 0.3) is 22.4 Å². The van der Waals surface area contributed by atoms with Gasteiger partial charge in [-0.3, -0.25) is 4.79 Å². The lowest BCUT2D eigenvalue weighted by molar-refractivity contribution is 0.102. The summed E-state index contributed by atoms with van der Waals surface area (Å²) in [6, 6.07) is 13.0. The summed E-state index contributed by atoms with van der Waals surface area (Å²) in [5.41, 5.74) is 1.78. The number of pyridine rings is 1. The lowest BCUT2D eigenvalue weighted by Crippen LogP contribution is -2.13. The Hall–Kier alpha value is -3.61. The molecule has 27 heavy (non-hydrogen) atoms. The highest BCUT2D eigenvalue weighted by Crippen LogP contribution is 2.29. The molecule has 1 N–H and O–H groups in total. The molecule has 1 amide bonds. The maximum Gasteiger partial charge on any atom is 0.259 e. The molecule has 0 atom stereocenters. The summed E-state index contributed by atoms with van der Waals surface area (Å²) in [6.07, 6.45) is 0. The second-order valence-electron chi connectivity index (χ2n) is 5.94. The fourth-order valence-electron chi connectivity index (χ4n) is 2.81. The molecule has 0 bridgehead atoms. The average molecular weight is 365 g/mol. The highest BCUT2D eigenvalue weighted by Gasteiger charge is 2.20. The Kier molecular flexibility index (Phi) is 4.12. The molecule has 2 aromatic heterocycles. The minimum atomic E-state index is -0.467. The Balaban J connectivity index is 1.83. The lowest BCUT2D eigenvalue weighted by atomic mass is 10.0. The van der Waals surface area contributed by atoms with E-state index in [1.165, 1.54) is 36.4 Å². The number of carbonyl (C=O) groups excluding carboxylic acids is 1. The monoisotopic (exact) mass is 365 g/mol. The van der Waals surface area contributed by atoms with Crippen molar-refractivity contribution in [1.82, 2.24) is 10.1 Å². The van der Waals surface area contributed by atoms with Gasteiger partial charge in [0, 0.05) is 11.3 Å². The Morgan fingerprint density at radius 3 is 2.56 bits per heavy atom. The minimum absolute atomic E-state index is 0.137. The van der Waals surface area contributed by atoms with Crippen molar-refractivity contribution >= 4 is 22.7 Å². The number of benzene rings is 2. The molecular formula is C20H13F2N3O2. The summed E-state index contributed by atoms with van der Waals surface area (Å²) in [5, 5.41) is 6.98. The van der Waals surface area contributed by atoms with Crippen LogP contribution < -0.4 is 5.32 Å². The van der Waals surface area contributed by atoms with Gasteiger partial charge < -0.3 is 9.84 Å². The number of amides is 1. The van der Waals surface area contributed by atoms with Gasteiger partial charge in [0.25, 0.3) is 11.6 Å². The molecule has 0 radical (unpaired) electrons. The first-order valence-corrected chi connectivity index (χ1v) is 8.12. The van der Waals surface area contributed by atoms with E-state index in [0.717, 1.165) is 0 Å². The molecule has 5 nitrogen and oxygen atoms in total. The topological polar surface area (TPSA) is 68.0 Å². The van der Waals surface area contributed by atoms with Crippen molar-refractivity contribution in [1.29, 1.82) is 0 Å². The van der Waals surface area contributed by atoms with E-state index >= 15 is 0 Å². The molecule has 7 heteroatoms. The van der Waals surface area contributed by atoms with Crippen molar-refractivity contribution in [2.24, 2.45) is 0 Å². The predicted octanol–water partition coefficient (Wildman–Crippen LogP) is 4.73. The molecule has 0 aliphatic carbocycles. The van der Waals surface area contributed by atoms with Crippen LogP contribution in [0.3, 0.4) is 0 Å². The van der Waals surface area contributed by atoms with Gasteiger partial charge in [0.1, 0.15) is 11.6 Å². The van der Waals surface area contributed by atoms with Gasteiger partial charge in [-0.1, -0.05) is 17.3 Å². The van der Waals surface area contributed by atoms with E-state index in [1.807, 2.05) is 0 Å². The van der Waals surface area contributed by atoms with Gasteiger partial charge in [-0.15, -0.1) is 0 Å². The lowest BCUT2D eigenvalue weighted by Gasteiger charge is -2.09. The van der Waals surface area contributed by atoms with Gasteiger partial charge in [-0.05, 0) is 49.4 Å². The van der Waals surface area contributed by atoms with E-state index in [-0.39, 0.29) is 22.5 Å². The van der Waals surface area contributed by atoms with E-state index in [9.17, 15) is 13.6 Å². The molecule has 4 aromatic rings. The summed E-state index contributed by atoms with van der Waals surface area (Å²) in [4.78, 5) is 17.1. The molecule has 4 rings (SSSR count). The standard InChI is InChI=1S/C20H13F2N3O2/c1-11-18-15(19(26)23-13-8-6-12(21)7-9-13)10-17(24-20(18)27-25-11)14-4-2-3-5-16(14)22/h2-10H,1H3,(H,23,26). The molecule has 2 aromatic carbocycles. The Morgan fingerprint density at radius 1 is 1.07 bits per heavy atom. The van der Waals surface area contributed by atoms with Crippen LogP contribution in [0, 0.1) is 18.6 Å². The Morgan fingerprint density at radius 2 is 1.81 bits per heavy atom. The van der Waals surface area contributed by atoms with E-state index in [4.69, 9.17) is 4.52 Å². The molecule has 0 saturated carbocycles. The zero-order valence-corrected chi connectivity index (χ0v) is 14.2. The summed E-state index contributed by atoms with van der Waals surface area (Å²) in [5.74, 6) is -1.33. The van der Waals surface area contributed by atoms with Crippen LogP contribution >= 0.6 is 0 Å². The molecule has 0 fully saturated rings. The van der Waals surface area contributed by atoms with Crippen LogP contribution in [0.2, 0.25) is 0 Å². The third-order valence-electron chi connectivity index (χ3n) is 4.11. The summed E-state index contributed by atoms with van der Waals surface area (Å²) < 4.78 is 32.4. The predicted molar refractivity (Wildman–Crippen MR) is 96.3 cm³/mol. The number of aryl methyl sites for hydroxylation is 1. The first kappa shape index (κ1) is 16.8. The molecule has 2 heterocycles. The van der Waals surface area contributed by atoms with Crippen molar-refractivity contribution in [2.75, 3.05) is 5.32 Å². The number of rotatable bonds is 3. The molecular weight excluding hydrogens is 352 g/mol. The quantitative estimate of drug-likeness (QED) is 0.570. The first-order valence-electron chi connectivity index (χ1n) is 8.12. The van der Waals surface area contributed by atoms with E-state index in [0.29, 0.717) is 16.8 Å². The summed E-state index contributed by atoms with van der Waals surface area (Å²) >= 11 is 0. The van der Waals surface area contributed by atoms with E-state index in [2.05, 4.69) is 15.5 Å². The average Bonchev–Trinajstić information content (AvgIpc) is 3.04. The summed E-state index contributed by atoms with van der Waals surface area (Å²) in [7, 11) is 0. The number of nitrogens with one attached hydrogen (secondary N) is 1. The van der Waals surface area contributed by atoms with Crippen LogP contribution in [0.1, 0.15) is 16.1 Å². The van der Waals surface area contributed by atoms with E-state index in [1.54, 1.807) is 25.1 Å². The molecule has 134 valence electrons. The number of hydrogen-bond acceptors (Lipinski definition) is 4. The van der Waals surface area contributed by atoms with Gasteiger partial charge in [0.2, 0.25) is 0 Å². The maximum absolute atomic E-state index is 14.2. The third kappa shape index (κ3) is 3.15. The zero-order valence-electron chi connectivity index (χ0n) is 14.2.